The molecule has 2 rings (SSSR count). The van der Waals surface area contributed by atoms with Crippen molar-refractivity contribution in [2.45, 2.75) is 38.3 Å². The van der Waals surface area contributed by atoms with Gasteiger partial charge < -0.3 is 15.3 Å². The molecule has 1 aliphatic rings. The third kappa shape index (κ3) is 5.58. The van der Waals surface area contributed by atoms with E-state index >= 15 is 0 Å². The molecular weight excluding hydrogens is 302 g/mol. The highest BCUT2D eigenvalue weighted by Gasteiger charge is 2.23. The van der Waals surface area contributed by atoms with Gasteiger partial charge in [-0.05, 0) is 45.0 Å². The van der Waals surface area contributed by atoms with Crippen molar-refractivity contribution in [3.05, 3.63) is 35.9 Å². The zero-order valence-corrected chi connectivity index (χ0v) is 14.9. The largest absolute Gasteiger partial charge is 0.393 e. The van der Waals surface area contributed by atoms with Crippen LogP contribution in [0.1, 0.15) is 37.8 Å². The van der Waals surface area contributed by atoms with Crippen molar-refractivity contribution < 1.29 is 9.90 Å². The zero-order valence-electron chi connectivity index (χ0n) is 14.9. The number of rotatable bonds is 8. The van der Waals surface area contributed by atoms with Gasteiger partial charge in [-0.1, -0.05) is 37.3 Å². The van der Waals surface area contributed by atoms with Gasteiger partial charge in [0.15, 0.2) is 0 Å². The Hall–Kier alpha value is -1.43. The van der Waals surface area contributed by atoms with E-state index in [2.05, 4.69) is 22.0 Å². The van der Waals surface area contributed by atoms with Crippen molar-refractivity contribution >= 4 is 5.91 Å². The van der Waals surface area contributed by atoms with Crippen molar-refractivity contribution in [3.63, 3.8) is 0 Å². The molecule has 2 N–H and O–H groups in total. The van der Waals surface area contributed by atoms with E-state index in [-0.39, 0.29) is 18.1 Å². The quantitative estimate of drug-likeness (QED) is 0.710. The van der Waals surface area contributed by atoms with Crippen molar-refractivity contribution in [3.8, 4) is 0 Å². The van der Waals surface area contributed by atoms with Gasteiger partial charge in [0.2, 0.25) is 5.91 Å². The van der Waals surface area contributed by atoms with E-state index in [1.807, 2.05) is 37.4 Å². The van der Waals surface area contributed by atoms with Crippen LogP contribution in [0.25, 0.3) is 0 Å². The molecule has 0 saturated carbocycles. The van der Waals surface area contributed by atoms with E-state index in [1.54, 1.807) is 0 Å². The zero-order chi connectivity index (χ0) is 17.4. The second-order valence-corrected chi connectivity index (χ2v) is 6.60. The lowest BCUT2D eigenvalue weighted by Gasteiger charge is -2.29. The predicted octanol–water partition coefficient (Wildman–Crippen LogP) is 1.64. The molecule has 1 atom stereocenters. The molecule has 5 nitrogen and oxygen atoms in total. The highest BCUT2D eigenvalue weighted by molar-refractivity contribution is 5.83. The molecule has 5 heteroatoms. The molecule has 0 bridgehead atoms. The lowest BCUT2D eigenvalue weighted by Crippen LogP contribution is -2.40. The number of aliphatic hydroxyl groups is 1. The molecule has 1 heterocycles. The molecule has 134 valence electrons. The van der Waals surface area contributed by atoms with E-state index in [0.29, 0.717) is 6.54 Å². The standard InChI is InChI=1S/C19H31N3O2/c1-3-21(2)18(16-8-5-4-6-9-16)19(24)20-12-7-13-22-14-10-17(23)11-15-22/h4-6,8-9,17-18,23H,3,7,10-15H2,1-2H3,(H,20,24). The van der Waals surface area contributed by atoms with Gasteiger partial charge in [-0.2, -0.15) is 0 Å². The van der Waals surface area contributed by atoms with Crippen LogP contribution in [0.5, 0.6) is 0 Å². The minimum atomic E-state index is -0.235. The number of nitrogens with one attached hydrogen (secondary N) is 1. The molecule has 0 radical (unpaired) electrons. The van der Waals surface area contributed by atoms with Crippen molar-refractivity contribution in [1.82, 2.24) is 15.1 Å². The third-order valence-electron chi connectivity index (χ3n) is 4.81. The minimum Gasteiger partial charge on any atom is -0.393 e. The molecule has 1 amide bonds. The molecular formula is C19H31N3O2. The topological polar surface area (TPSA) is 55.8 Å². The van der Waals surface area contributed by atoms with Crippen molar-refractivity contribution in [2.24, 2.45) is 0 Å². The van der Waals surface area contributed by atoms with Crippen LogP contribution in [0.15, 0.2) is 30.3 Å². The predicted molar refractivity (Wildman–Crippen MR) is 96.8 cm³/mol. The fourth-order valence-electron chi connectivity index (χ4n) is 3.18. The Bertz CT molecular complexity index is 487. The van der Waals surface area contributed by atoms with Crippen LogP contribution in [-0.4, -0.2) is 66.7 Å². The van der Waals surface area contributed by atoms with Crippen LogP contribution in [0.3, 0.4) is 0 Å². The summed E-state index contributed by atoms with van der Waals surface area (Å²) in [4.78, 5) is 17.1. The number of likely N-dealkylation sites (N-methyl/N-ethyl adjacent to an activating group) is 1. The van der Waals surface area contributed by atoms with E-state index in [0.717, 1.165) is 51.0 Å². The first-order valence-corrected chi connectivity index (χ1v) is 9.05. The van der Waals surface area contributed by atoms with Gasteiger partial charge in [0.1, 0.15) is 6.04 Å². The molecule has 1 fully saturated rings. The Morgan fingerprint density at radius 3 is 2.62 bits per heavy atom. The van der Waals surface area contributed by atoms with Gasteiger partial charge in [-0.25, -0.2) is 0 Å². The van der Waals surface area contributed by atoms with Gasteiger partial charge in [0, 0.05) is 19.6 Å². The highest BCUT2D eigenvalue weighted by Crippen LogP contribution is 2.19. The molecule has 0 aliphatic carbocycles. The molecule has 24 heavy (non-hydrogen) atoms. The molecule has 1 aromatic carbocycles. The second kappa shape index (κ2) is 9.77. The van der Waals surface area contributed by atoms with Crippen LogP contribution in [0, 0.1) is 0 Å². The number of benzene rings is 1. The second-order valence-electron chi connectivity index (χ2n) is 6.60. The summed E-state index contributed by atoms with van der Waals surface area (Å²) in [6.45, 7) is 6.48. The number of hydrogen-bond donors (Lipinski definition) is 2. The van der Waals surface area contributed by atoms with Gasteiger partial charge in [0.05, 0.1) is 6.10 Å². The van der Waals surface area contributed by atoms with Crippen LogP contribution in [0.2, 0.25) is 0 Å². The number of carbonyl (C=O) groups excluding carboxylic acids is 1. The molecule has 1 unspecified atom stereocenters. The summed E-state index contributed by atoms with van der Waals surface area (Å²) >= 11 is 0. The van der Waals surface area contributed by atoms with Gasteiger partial charge in [-0.3, -0.25) is 9.69 Å². The Balaban J connectivity index is 1.78. The lowest BCUT2D eigenvalue weighted by atomic mass is 10.0. The average Bonchev–Trinajstić information content (AvgIpc) is 2.61. The molecule has 1 aromatic rings. The lowest BCUT2D eigenvalue weighted by molar-refractivity contribution is -0.126. The summed E-state index contributed by atoms with van der Waals surface area (Å²) in [5, 5.41) is 12.6. The van der Waals surface area contributed by atoms with E-state index < -0.39 is 0 Å². The Kier molecular flexibility index (Phi) is 7.69. The molecule has 0 aromatic heterocycles. The SMILES string of the molecule is CCN(C)C(C(=O)NCCCN1CCC(O)CC1)c1ccccc1. The summed E-state index contributed by atoms with van der Waals surface area (Å²) in [7, 11) is 1.98. The van der Waals surface area contributed by atoms with Gasteiger partial charge >= 0.3 is 0 Å². The highest BCUT2D eigenvalue weighted by atomic mass is 16.3. The number of likely N-dealkylation sites (tertiary alicyclic amines) is 1. The van der Waals surface area contributed by atoms with Gasteiger partial charge in [0.25, 0.3) is 0 Å². The maximum Gasteiger partial charge on any atom is 0.241 e. The molecule has 0 spiro atoms. The first-order chi connectivity index (χ1) is 11.6. The average molecular weight is 333 g/mol. The van der Waals surface area contributed by atoms with Crippen LogP contribution in [0.4, 0.5) is 0 Å². The van der Waals surface area contributed by atoms with Crippen LogP contribution in [-0.2, 0) is 4.79 Å². The first-order valence-electron chi connectivity index (χ1n) is 9.05. The van der Waals surface area contributed by atoms with E-state index in [9.17, 15) is 9.90 Å². The van der Waals surface area contributed by atoms with Crippen molar-refractivity contribution in [1.29, 1.82) is 0 Å². The molecule has 1 saturated heterocycles. The number of aliphatic hydroxyl groups excluding tert-OH is 1. The minimum absolute atomic E-state index is 0.0691. The maximum absolute atomic E-state index is 12.6. The van der Waals surface area contributed by atoms with Crippen molar-refractivity contribution in [2.75, 3.05) is 39.8 Å². The number of amides is 1. The Morgan fingerprint density at radius 2 is 2.00 bits per heavy atom. The number of hydrogen-bond acceptors (Lipinski definition) is 4. The smallest absolute Gasteiger partial charge is 0.241 e. The van der Waals surface area contributed by atoms with Gasteiger partial charge in [-0.15, -0.1) is 0 Å². The van der Waals surface area contributed by atoms with Crippen LogP contribution < -0.4 is 5.32 Å². The summed E-state index contributed by atoms with van der Waals surface area (Å²) in [6.07, 6.45) is 2.55. The maximum atomic E-state index is 12.6. The first kappa shape index (κ1) is 18.9. The third-order valence-corrected chi connectivity index (χ3v) is 4.81. The van der Waals surface area contributed by atoms with E-state index in [1.165, 1.54) is 0 Å². The van der Waals surface area contributed by atoms with Crippen LogP contribution >= 0.6 is 0 Å². The Labute approximate surface area is 145 Å². The summed E-state index contributed by atoms with van der Waals surface area (Å²) < 4.78 is 0. The summed E-state index contributed by atoms with van der Waals surface area (Å²) in [5.41, 5.74) is 1.03. The normalized spacial score (nSPS) is 17.8. The number of carbonyl (C=O) groups is 1. The fraction of sp³-hybridized carbons (Fsp3) is 0.632. The fourth-order valence-corrected chi connectivity index (χ4v) is 3.18. The number of piperidine rings is 1. The number of nitrogens with zero attached hydrogens (tertiary/aromatic N) is 2. The monoisotopic (exact) mass is 333 g/mol. The molecule has 1 aliphatic heterocycles. The summed E-state index contributed by atoms with van der Waals surface area (Å²) in [6, 6.07) is 9.71. The Morgan fingerprint density at radius 1 is 1.33 bits per heavy atom. The van der Waals surface area contributed by atoms with E-state index in [4.69, 9.17) is 0 Å². The summed E-state index contributed by atoms with van der Waals surface area (Å²) in [5.74, 6) is 0.0691.